The normalized spacial score (nSPS) is 15.4. The maximum atomic E-state index is 12.6. The van der Waals surface area contributed by atoms with Crippen molar-refractivity contribution in [2.24, 2.45) is 0 Å². The molecule has 0 radical (unpaired) electrons. The smallest absolute Gasteiger partial charge is 0.276 e. The van der Waals surface area contributed by atoms with E-state index >= 15 is 0 Å². The molecule has 1 aromatic heterocycles. The summed E-state index contributed by atoms with van der Waals surface area (Å²) in [5.74, 6) is -0.0294. The summed E-state index contributed by atoms with van der Waals surface area (Å²) in [5, 5.41) is 10.5. The van der Waals surface area contributed by atoms with Gasteiger partial charge in [0, 0.05) is 16.4 Å². The molecule has 1 aliphatic rings. The Hall–Kier alpha value is -3.32. The van der Waals surface area contributed by atoms with Gasteiger partial charge in [0.2, 0.25) is 0 Å². The zero-order valence-corrected chi connectivity index (χ0v) is 15.9. The van der Waals surface area contributed by atoms with E-state index in [2.05, 4.69) is 15.7 Å². The molecular weight excluding hydrogens is 380 g/mol. The molecule has 0 fully saturated rings. The zero-order valence-electron chi connectivity index (χ0n) is 15.2. The van der Waals surface area contributed by atoms with Crippen LogP contribution in [0.15, 0.2) is 48.5 Å². The second-order valence-corrected chi connectivity index (χ2v) is 6.91. The van der Waals surface area contributed by atoms with E-state index in [0.29, 0.717) is 22.1 Å². The van der Waals surface area contributed by atoms with Crippen LogP contribution in [0, 0.1) is 6.92 Å². The van der Waals surface area contributed by atoms with Gasteiger partial charge in [0.05, 0.1) is 11.4 Å². The fourth-order valence-corrected chi connectivity index (χ4v) is 3.12. The molecule has 0 unspecified atom stereocenters. The summed E-state index contributed by atoms with van der Waals surface area (Å²) in [5.41, 5.74) is 2.88. The lowest BCUT2D eigenvalue weighted by Crippen LogP contribution is -2.34. The van der Waals surface area contributed by atoms with Gasteiger partial charge in [0.15, 0.2) is 11.8 Å². The Balaban J connectivity index is 1.56. The predicted octanol–water partition coefficient (Wildman–Crippen LogP) is 3.81. The SMILES string of the molecule is Cc1cc(C(=O)Nc2ccc3c(c2)NC(=O)[C@H](C)O3)nn1-c1cccc(Cl)c1. The lowest BCUT2D eigenvalue weighted by atomic mass is 10.2. The maximum Gasteiger partial charge on any atom is 0.276 e. The molecule has 142 valence electrons. The average molecular weight is 397 g/mol. The van der Waals surface area contributed by atoms with E-state index in [1.165, 1.54) is 0 Å². The number of hydrogen-bond acceptors (Lipinski definition) is 4. The van der Waals surface area contributed by atoms with E-state index in [0.717, 1.165) is 11.4 Å². The predicted molar refractivity (Wildman–Crippen MR) is 106 cm³/mol. The van der Waals surface area contributed by atoms with Crippen LogP contribution in [0.3, 0.4) is 0 Å². The van der Waals surface area contributed by atoms with Crippen LogP contribution in [0.4, 0.5) is 11.4 Å². The van der Waals surface area contributed by atoms with Crippen molar-refractivity contribution in [3.63, 3.8) is 0 Å². The molecule has 2 amide bonds. The number of carbonyl (C=O) groups excluding carboxylic acids is 2. The number of benzene rings is 2. The average Bonchev–Trinajstić information content (AvgIpc) is 3.05. The Bertz CT molecular complexity index is 1090. The monoisotopic (exact) mass is 396 g/mol. The molecule has 3 aromatic rings. The second-order valence-electron chi connectivity index (χ2n) is 6.48. The molecule has 2 heterocycles. The number of ether oxygens (including phenoxy) is 1. The van der Waals surface area contributed by atoms with Crippen molar-refractivity contribution >= 4 is 34.8 Å². The molecule has 2 N–H and O–H groups in total. The molecule has 4 rings (SSSR count). The highest BCUT2D eigenvalue weighted by atomic mass is 35.5. The van der Waals surface area contributed by atoms with Crippen LogP contribution in [0.1, 0.15) is 23.1 Å². The number of anilines is 2. The third-order valence-corrected chi connectivity index (χ3v) is 4.58. The molecule has 1 aliphatic heterocycles. The summed E-state index contributed by atoms with van der Waals surface area (Å²) in [6.45, 7) is 3.53. The lowest BCUT2D eigenvalue weighted by Gasteiger charge is -2.23. The number of aryl methyl sites for hydroxylation is 1. The number of hydrogen-bond donors (Lipinski definition) is 2. The third kappa shape index (κ3) is 3.44. The highest BCUT2D eigenvalue weighted by Crippen LogP contribution is 2.32. The molecule has 7 nitrogen and oxygen atoms in total. The fraction of sp³-hybridized carbons (Fsp3) is 0.150. The minimum absolute atomic E-state index is 0.230. The van der Waals surface area contributed by atoms with E-state index in [9.17, 15) is 9.59 Å². The Morgan fingerprint density at radius 2 is 2.07 bits per heavy atom. The van der Waals surface area contributed by atoms with Gasteiger partial charge < -0.3 is 15.4 Å². The molecular formula is C20H17ClN4O3. The molecule has 0 bridgehead atoms. The number of aromatic nitrogens is 2. The van der Waals surface area contributed by atoms with Gasteiger partial charge in [-0.3, -0.25) is 9.59 Å². The minimum atomic E-state index is -0.550. The molecule has 2 aromatic carbocycles. The fourth-order valence-electron chi connectivity index (χ4n) is 2.94. The number of nitrogens with zero attached hydrogens (tertiary/aromatic N) is 2. The van der Waals surface area contributed by atoms with Gasteiger partial charge in [0.25, 0.3) is 11.8 Å². The van der Waals surface area contributed by atoms with Gasteiger partial charge in [-0.05, 0) is 56.3 Å². The molecule has 0 aliphatic carbocycles. The molecule has 0 spiro atoms. The van der Waals surface area contributed by atoms with Crippen LogP contribution in [-0.4, -0.2) is 27.7 Å². The Kier molecular flexibility index (Phi) is 4.52. The quantitative estimate of drug-likeness (QED) is 0.705. The van der Waals surface area contributed by atoms with Crippen LogP contribution >= 0.6 is 11.6 Å². The highest BCUT2D eigenvalue weighted by molar-refractivity contribution is 6.30. The molecule has 0 saturated heterocycles. The summed E-state index contributed by atoms with van der Waals surface area (Å²) >= 11 is 6.04. The van der Waals surface area contributed by atoms with Gasteiger partial charge >= 0.3 is 0 Å². The van der Waals surface area contributed by atoms with Crippen LogP contribution in [0.5, 0.6) is 5.75 Å². The number of fused-ring (bicyclic) bond motifs is 1. The van der Waals surface area contributed by atoms with Gasteiger partial charge in [-0.15, -0.1) is 0 Å². The Morgan fingerprint density at radius 1 is 1.25 bits per heavy atom. The molecule has 0 saturated carbocycles. The minimum Gasteiger partial charge on any atom is -0.479 e. The summed E-state index contributed by atoms with van der Waals surface area (Å²) in [7, 11) is 0. The molecule has 1 atom stereocenters. The largest absolute Gasteiger partial charge is 0.479 e. The first kappa shape index (κ1) is 18.1. The first-order valence-corrected chi connectivity index (χ1v) is 9.04. The summed E-state index contributed by atoms with van der Waals surface area (Å²) in [6, 6.07) is 14.0. The summed E-state index contributed by atoms with van der Waals surface area (Å²) < 4.78 is 7.17. The van der Waals surface area contributed by atoms with Crippen molar-refractivity contribution in [3.8, 4) is 11.4 Å². The van der Waals surface area contributed by atoms with Gasteiger partial charge in [-0.25, -0.2) is 4.68 Å². The topological polar surface area (TPSA) is 85.2 Å². The number of nitrogens with one attached hydrogen (secondary N) is 2. The summed E-state index contributed by atoms with van der Waals surface area (Å²) in [4.78, 5) is 24.4. The van der Waals surface area contributed by atoms with Crippen molar-refractivity contribution in [3.05, 3.63) is 64.9 Å². The van der Waals surface area contributed by atoms with Gasteiger partial charge in [0.1, 0.15) is 5.75 Å². The van der Waals surface area contributed by atoms with Crippen molar-refractivity contribution in [1.82, 2.24) is 9.78 Å². The molecule has 8 heteroatoms. The lowest BCUT2D eigenvalue weighted by molar-refractivity contribution is -0.122. The van der Waals surface area contributed by atoms with Gasteiger partial charge in [-0.1, -0.05) is 17.7 Å². The van der Waals surface area contributed by atoms with Crippen molar-refractivity contribution < 1.29 is 14.3 Å². The highest BCUT2D eigenvalue weighted by Gasteiger charge is 2.24. The Labute approximate surface area is 166 Å². The maximum absolute atomic E-state index is 12.6. The van der Waals surface area contributed by atoms with Gasteiger partial charge in [-0.2, -0.15) is 5.10 Å². The number of rotatable bonds is 3. The number of amides is 2. The molecule has 28 heavy (non-hydrogen) atoms. The standard InChI is InChI=1S/C20H17ClN4O3/c1-11-8-17(24-25(11)15-5-3-4-13(21)9-15)20(27)22-14-6-7-18-16(10-14)23-19(26)12(2)28-18/h3-10,12H,1-2H3,(H,22,27)(H,23,26)/t12-/m0/s1. The number of halogens is 1. The second kappa shape index (κ2) is 7.01. The van der Waals surface area contributed by atoms with E-state index in [-0.39, 0.29) is 17.5 Å². The zero-order chi connectivity index (χ0) is 19.8. The third-order valence-electron chi connectivity index (χ3n) is 4.34. The van der Waals surface area contributed by atoms with Crippen molar-refractivity contribution in [2.45, 2.75) is 20.0 Å². The van der Waals surface area contributed by atoms with E-state index in [1.54, 1.807) is 48.0 Å². The first-order chi connectivity index (χ1) is 13.4. The van der Waals surface area contributed by atoms with Crippen LogP contribution in [0.25, 0.3) is 5.69 Å². The van der Waals surface area contributed by atoms with Crippen LogP contribution in [-0.2, 0) is 4.79 Å². The van der Waals surface area contributed by atoms with E-state index in [4.69, 9.17) is 16.3 Å². The summed E-state index contributed by atoms with van der Waals surface area (Å²) in [6.07, 6.45) is -0.550. The van der Waals surface area contributed by atoms with Crippen molar-refractivity contribution in [1.29, 1.82) is 0 Å². The number of carbonyl (C=O) groups is 2. The van der Waals surface area contributed by atoms with E-state index in [1.807, 2.05) is 19.1 Å². The Morgan fingerprint density at radius 3 is 2.86 bits per heavy atom. The van der Waals surface area contributed by atoms with Crippen molar-refractivity contribution in [2.75, 3.05) is 10.6 Å². The van der Waals surface area contributed by atoms with Crippen LogP contribution in [0.2, 0.25) is 5.02 Å². The van der Waals surface area contributed by atoms with Crippen LogP contribution < -0.4 is 15.4 Å². The van der Waals surface area contributed by atoms with E-state index < -0.39 is 6.10 Å². The first-order valence-electron chi connectivity index (χ1n) is 8.66.